The lowest BCUT2D eigenvalue weighted by Gasteiger charge is -2.22. The van der Waals surface area contributed by atoms with Crippen LogP contribution in [-0.4, -0.2) is 47.4 Å². The van der Waals surface area contributed by atoms with Crippen molar-refractivity contribution in [3.8, 4) is 0 Å². The van der Waals surface area contributed by atoms with Crippen LogP contribution in [0, 0.1) is 0 Å². The zero-order valence-electron chi connectivity index (χ0n) is 35.7. The molecule has 2 atom stereocenters. The smallest absolute Gasteiger partial charge is 0.305 e. The molecule has 6 heteroatoms. The minimum absolute atomic E-state index is 0.0262. The summed E-state index contributed by atoms with van der Waals surface area (Å²) in [6.45, 7) is 4.84. The summed E-state index contributed by atoms with van der Waals surface area (Å²) in [5, 5.41) is 22.9. The molecule has 0 aromatic carbocycles. The molecule has 0 rings (SSSR count). The maximum atomic E-state index is 12.3. The molecule has 0 saturated heterocycles. The summed E-state index contributed by atoms with van der Waals surface area (Å²) in [4.78, 5) is 24.3. The highest BCUT2D eigenvalue weighted by Crippen LogP contribution is 2.14. The van der Waals surface area contributed by atoms with Gasteiger partial charge in [0.2, 0.25) is 5.91 Å². The fourth-order valence-corrected chi connectivity index (χ4v) is 6.80. The van der Waals surface area contributed by atoms with Gasteiger partial charge in [0.25, 0.3) is 0 Å². The number of carbonyl (C=O) groups excluding carboxylic acids is 2. The molecule has 0 radical (unpaired) electrons. The van der Waals surface area contributed by atoms with E-state index in [1.165, 1.54) is 141 Å². The molecule has 316 valence electrons. The quantitative estimate of drug-likeness (QED) is 0.0327. The van der Waals surface area contributed by atoms with Crippen LogP contribution in [0.15, 0.2) is 36.5 Å². The SMILES string of the molecule is CCCCCCCC/C=C\CCCCCCCC(=O)OCCCCCCCC/C=C\C/C=C\CCC(=O)NC(CO)C(O)CCCCCCCCCCC. The van der Waals surface area contributed by atoms with Gasteiger partial charge in [0.05, 0.1) is 25.4 Å². The topological polar surface area (TPSA) is 95.9 Å². The fourth-order valence-electron chi connectivity index (χ4n) is 6.80. The van der Waals surface area contributed by atoms with Crippen molar-refractivity contribution >= 4 is 11.9 Å². The molecule has 0 spiro atoms. The molecule has 0 heterocycles. The zero-order valence-corrected chi connectivity index (χ0v) is 35.7. The van der Waals surface area contributed by atoms with Crippen LogP contribution in [-0.2, 0) is 14.3 Å². The number of esters is 1. The number of hydrogen-bond acceptors (Lipinski definition) is 5. The third-order valence-corrected chi connectivity index (χ3v) is 10.4. The third-order valence-electron chi connectivity index (χ3n) is 10.4. The number of nitrogens with one attached hydrogen (secondary N) is 1. The first-order valence-corrected chi connectivity index (χ1v) is 23.2. The molecule has 0 aliphatic heterocycles. The second-order valence-electron chi connectivity index (χ2n) is 15.7. The van der Waals surface area contributed by atoms with E-state index in [1.54, 1.807) is 0 Å². The predicted molar refractivity (Wildman–Crippen MR) is 232 cm³/mol. The van der Waals surface area contributed by atoms with Crippen molar-refractivity contribution in [2.45, 2.75) is 244 Å². The van der Waals surface area contributed by atoms with E-state index in [9.17, 15) is 19.8 Å². The molecule has 0 bridgehead atoms. The molecule has 2 unspecified atom stereocenters. The molecular weight excluding hydrogens is 671 g/mol. The number of ether oxygens (including phenoxy) is 1. The molecule has 0 saturated carbocycles. The average Bonchev–Trinajstić information content (AvgIpc) is 3.17. The van der Waals surface area contributed by atoms with Crippen LogP contribution in [0.5, 0.6) is 0 Å². The second kappa shape index (κ2) is 43.8. The van der Waals surface area contributed by atoms with Crippen molar-refractivity contribution in [1.82, 2.24) is 5.32 Å². The summed E-state index contributed by atoms with van der Waals surface area (Å²) in [7, 11) is 0. The number of hydrogen-bond donors (Lipinski definition) is 3. The average molecular weight is 760 g/mol. The van der Waals surface area contributed by atoms with Gasteiger partial charge in [-0.05, 0) is 70.6 Å². The number of allylic oxidation sites excluding steroid dienone is 6. The van der Waals surface area contributed by atoms with Crippen molar-refractivity contribution in [2.75, 3.05) is 13.2 Å². The number of aliphatic hydroxyl groups is 2. The Balaban J connectivity index is 3.54. The molecule has 1 amide bonds. The summed E-state index contributed by atoms with van der Waals surface area (Å²) in [6.07, 6.45) is 51.2. The highest BCUT2D eigenvalue weighted by molar-refractivity contribution is 5.76. The number of carbonyl (C=O) groups is 2. The highest BCUT2D eigenvalue weighted by Gasteiger charge is 2.19. The van der Waals surface area contributed by atoms with Gasteiger partial charge in [-0.15, -0.1) is 0 Å². The number of unbranched alkanes of at least 4 members (excludes halogenated alkanes) is 25. The van der Waals surface area contributed by atoms with E-state index < -0.39 is 12.1 Å². The van der Waals surface area contributed by atoms with Gasteiger partial charge in [0.1, 0.15) is 0 Å². The van der Waals surface area contributed by atoms with Crippen molar-refractivity contribution in [1.29, 1.82) is 0 Å². The molecule has 0 aliphatic carbocycles. The summed E-state index contributed by atoms with van der Waals surface area (Å²) >= 11 is 0. The first-order valence-electron chi connectivity index (χ1n) is 23.2. The second-order valence-corrected chi connectivity index (χ2v) is 15.7. The van der Waals surface area contributed by atoms with E-state index in [4.69, 9.17) is 4.74 Å². The van der Waals surface area contributed by atoms with Gasteiger partial charge in [-0.2, -0.15) is 0 Å². The molecule has 0 aromatic rings. The van der Waals surface area contributed by atoms with E-state index >= 15 is 0 Å². The Morgan fingerprint density at radius 3 is 1.46 bits per heavy atom. The first kappa shape index (κ1) is 52.1. The number of aliphatic hydroxyl groups excluding tert-OH is 2. The van der Waals surface area contributed by atoms with Crippen LogP contribution in [0.2, 0.25) is 0 Å². The lowest BCUT2D eigenvalue weighted by atomic mass is 10.0. The lowest BCUT2D eigenvalue weighted by molar-refractivity contribution is -0.143. The third kappa shape index (κ3) is 39.8. The van der Waals surface area contributed by atoms with Crippen LogP contribution in [0.25, 0.3) is 0 Å². The largest absolute Gasteiger partial charge is 0.466 e. The molecule has 3 N–H and O–H groups in total. The van der Waals surface area contributed by atoms with Gasteiger partial charge in [0, 0.05) is 12.8 Å². The predicted octanol–water partition coefficient (Wildman–Crippen LogP) is 13.3. The number of rotatable bonds is 42. The Morgan fingerprint density at radius 2 is 0.944 bits per heavy atom. The van der Waals surface area contributed by atoms with Gasteiger partial charge in [0.15, 0.2) is 0 Å². The molecule has 54 heavy (non-hydrogen) atoms. The van der Waals surface area contributed by atoms with Crippen LogP contribution in [0.3, 0.4) is 0 Å². The van der Waals surface area contributed by atoms with Gasteiger partial charge < -0.3 is 20.3 Å². The molecule has 0 fully saturated rings. The molecular formula is C48H89NO5. The van der Waals surface area contributed by atoms with E-state index in [1.807, 2.05) is 6.08 Å². The van der Waals surface area contributed by atoms with Crippen molar-refractivity contribution in [3.63, 3.8) is 0 Å². The van der Waals surface area contributed by atoms with Crippen molar-refractivity contribution in [3.05, 3.63) is 36.5 Å². The lowest BCUT2D eigenvalue weighted by Crippen LogP contribution is -2.45. The Hall–Kier alpha value is -1.92. The minimum atomic E-state index is -0.697. The van der Waals surface area contributed by atoms with Crippen LogP contribution in [0.1, 0.15) is 232 Å². The first-order chi connectivity index (χ1) is 26.5. The van der Waals surface area contributed by atoms with Crippen molar-refractivity contribution in [2.24, 2.45) is 0 Å². The van der Waals surface area contributed by atoms with Crippen LogP contribution < -0.4 is 5.32 Å². The zero-order chi connectivity index (χ0) is 39.4. The Morgan fingerprint density at radius 1 is 0.519 bits per heavy atom. The van der Waals surface area contributed by atoms with E-state index in [-0.39, 0.29) is 18.5 Å². The normalized spacial score (nSPS) is 13.0. The summed E-state index contributed by atoms with van der Waals surface area (Å²) in [6, 6.07) is -0.583. The minimum Gasteiger partial charge on any atom is -0.466 e. The number of amides is 1. The van der Waals surface area contributed by atoms with Gasteiger partial charge in [-0.3, -0.25) is 9.59 Å². The monoisotopic (exact) mass is 760 g/mol. The Labute approximate surface area is 334 Å². The Kier molecular flexibility index (Phi) is 42.2. The standard InChI is InChI=1S/C48H89NO5/c1-3-5-7-9-11-13-14-15-16-19-22-26-30-34-38-42-48(53)54-43-39-35-31-27-23-20-17-18-21-25-29-33-37-41-47(52)49-45(44-50)46(51)40-36-32-28-24-12-10-8-6-4-2/h15-16,18,21,29,33,45-46,50-51H,3-14,17,19-20,22-28,30-32,34-44H2,1-2H3,(H,49,52)/b16-15-,21-18-,33-29-. The Bertz CT molecular complexity index is 884. The maximum absolute atomic E-state index is 12.3. The van der Waals surface area contributed by atoms with Gasteiger partial charge in [-0.25, -0.2) is 0 Å². The van der Waals surface area contributed by atoms with E-state index in [2.05, 4.69) is 49.5 Å². The summed E-state index contributed by atoms with van der Waals surface area (Å²) in [5.41, 5.74) is 0. The van der Waals surface area contributed by atoms with Crippen LogP contribution in [0.4, 0.5) is 0 Å². The van der Waals surface area contributed by atoms with Gasteiger partial charge in [-0.1, -0.05) is 185 Å². The molecule has 6 nitrogen and oxygen atoms in total. The highest BCUT2D eigenvalue weighted by atomic mass is 16.5. The molecule has 0 aromatic heterocycles. The van der Waals surface area contributed by atoms with Gasteiger partial charge >= 0.3 is 5.97 Å². The summed E-state index contributed by atoms with van der Waals surface area (Å²) in [5.74, 6) is -0.146. The summed E-state index contributed by atoms with van der Waals surface area (Å²) < 4.78 is 5.44. The molecule has 0 aliphatic rings. The maximum Gasteiger partial charge on any atom is 0.305 e. The van der Waals surface area contributed by atoms with E-state index in [0.29, 0.717) is 32.3 Å². The fraction of sp³-hybridized carbons (Fsp3) is 0.833. The van der Waals surface area contributed by atoms with Crippen LogP contribution >= 0.6 is 0 Å². The van der Waals surface area contributed by atoms with Crippen molar-refractivity contribution < 1.29 is 24.5 Å². The van der Waals surface area contributed by atoms with E-state index in [0.717, 1.165) is 51.4 Å².